The number of hydrogen-bond donors (Lipinski definition) is 2. The van der Waals surface area contributed by atoms with E-state index in [1.165, 1.54) is 4.68 Å². The van der Waals surface area contributed by atoms with Crippen LogP contribution in [0.4, 0.5) is 5.82 Å². The number of hydrogen-bond acceptors (Lipinski definition) is 4. The van der Waals surface area contributed by atoms with Gasteiger partial charge in [-0.2, -0.15) is 9.78 Å². The number of carbonyl (C=O) groups is 1. The second-order valence-electron chi connectivity index (χ2n) is 7.65. The molecular formula is C24H21N5O2. The molecule has 0 radical (unpaired) electrons. The van der Waals surface area contributed by atoms with Crippen molar-refractivity contribution in [2.24, 2.45) is 0 Å². The molecule has 2 aromatic heterocycles. The fourth-order valence-corrected chi connectivity index (χ4v) is 3.91. The summed E-state index contributed by atoms with van der Waals surface area (Å²) in [5, 5.41) is 7.31. The van der Waals surface area contributed by atoms with Crippen LogP contribution in [0.25, 0.3) is 17.1 Å². The van der Waals surface area contributed by atoms with E-state index >= 15 is 0 Å². The molecule has 31 heavy (non-hydrogen) atoms. The lowest BCUT2D eigenvalue weighted by atomic mass is 10.0. The van der Waals surface area contributed by atoms with Crippen LogP contribution in [-0.2, 0) is 12.8 Å². The molecule has 154 valence electrons. The second kappa shape index (κ2) is 7.68. The minimum Gasteiger partial charge on any atom is -0.306 e. The van der Waals surface area contributed by atoms with Gasteiger partial charge in [0, 0.05) is 17.2 Å². The molecule has 0 fully saturated rings. The second-order valence-corrected chi connectivity index (χ2v) is 7.65. The summed E-state index contributed by atoms with van der Waals surface area (Å²) in [6.07, 6.45) is 2.45. The van der Waals surface area contributed by atoms with Gasteiger partial charge in [0.2, 0.25) is 5.95 Å². The number of benzene rings is 2. The molecule has 1 aliphatic carbocycles. The highest BCUT2D eigenvalue weighted by Crippen LogP contribution is 2.21. The van der Waals surface area contributed by atoms with Gasteiger partial charge in [0.1, 0.15) is 5.82 Å². The predicted molar refractivity (Wildman–Crippen MR) is 119 cm³/mol. The van der Waals surface area contributed by atoms with Crippen molar-refractivity contribution in [1.82, 2.24) is 19.7 Å². The van der Waals surface area contributed by atoms with Crippen LogP contribution in [0, 0.1) is 6.92 Å². The molecule has 7 heteroatoms. The molecule has 1 amide bonds. The maximum absolute atomic E-state index is 12.9. The van der Waals surface area contributed by atoms with E-state index in [0.717, 1.165) is 41.6 Å². The number of aromatic amines is 1. The molecule has 4 aromatic rings. The summed E-state index contributed by atoms with van der Waals surface area (Å²) in [6, 6.07) is 19.2. The van der Waals surface area contributed by atoms with E-state index in [2.05, 4.69) is 20.4 Å². The first-order valence-corrected chi connectivity index (χ1v) is 10.2. The molecule has 2 N–H and O–H groups in total. The number of fused-ring (bicyclic) bond motifs is 1. The molecule has 0 aliphatic heterocycles. The van der Waals surface area contributed by atoms with Crippen molar-refractivity contribution < 1.29 is 4.79 Å². The first-order chi connectivity index (χ1) is 15.1. The molecule has 0 saturated carbocycles. The number of anilines is 1. The van der Waals surface area contributed by atoms with Crippen molar-refractivity contribution in [3.8, 4) is 17.1 Å². The largest absolute Gasteiger partial charge is 0.306 e. The van der Waals surface area contributed by atoms with Gasteiger partial charge in [-0.15, -0.1) is 0 Å². The normalized spacial score (nSPS) is 12.5. The number of nitrogens with one attached hydrogen (secondary N) is 2. The van der Waals surface area contributed by atoms with Gasteiger partial charge < -0.3 is 5.32 Å². The van der Waals surface area contributed by atoms with Gasteiger partial charge in [-0.05, 0) is 49.4 Å². The Labute approximate surface area is 178 Å². The summed E-state index contributed by atoms with van der Waals surface area (Å²) in [6.45, 7) is 1.83. The highest BCUT2D eigenvalue weighted by Gasteiger charge is 2.20. The van der Waals surface area contributed by atoms with Gasteiger partial charge in [0.15, 0.2) is 0 Å². The predicted octanol–water partition coefficient (Wildman–Crippen LogP) is 3.67. The van der Waals surface area contributed by atoms with Crippen LogP contribution in [0.1, 0.15) is 33.7 Å². The maximum Gasteiger partial charge on any atom is 0.256 e. The van der Waals surface area contributed by atoms with E-state index in [-0.39, 0.29) is 11.5 Å². The minimum atomic E-state index is -0.260. The van der Waals surface area contributed by atoms with Crippen LogP contribution in [0.2, 0.25) is 0 Å². The van der Waals surface area contributed by atoms with Gasteiger partial charge >= 0.3 is 0 Å². The number of aromatic nitrogens is 4. The first kappa shape index (κ1) is 19.0. The smallest absolute Gasteiger partial charge is 0.256 e. The van der Waals surface area contributed by atoms with Crippen LogP contribution in [0.5, 0.6) is 0 Å². The number of aryl methyl sites for hydroxylation is 2. The Hall–Kier alpha value is -4.00. The maximum atomic E-state index is 12.9. The van der Waals surface area contributed by atoms with Gasteiger partial charge in [-0.25, -0.2) is 4.98 Å². The number of amides is 1. The highest BCUT2D eigenvalue weighted by atomic mass is 16.1. The fraction of sp³-hybridized carbons (Fsp3) is 0.167. The average molecular weight is 411 g/mol. The third-order valence-corrected chi connectivity index (χ3v) is 5.46. The molecule has 0 unspecified atom stereocenters. The topological polar surface area (TPSA) is 92.7 Å². The summed E-state index contributed by atoms with van der Waals surface area (Å²) < 4.78 is 1.48. The van der Waals surface area contributed by atoms with Crippen molar-refractivity contribution in [1.29, 1.82) is 0 Å². The molecule has 7 nitrogen and oxygen atoms in total. The fourth-order valence-electron chi connectivity index (χ4n) is 3.91. The zero-order valence-electron chi connectivity index (χ0n) is 17.1. The van der Waals surface area contributed by atoms with Crippen LogP contribution >= 0.6 is 0 Å². The van der Waals surface area contributed by atoms with Crippen molar-refractivity contribution in [2.75, 3.05) is 5.32 Å². The summed E-state index contributed by atoms with van der Waals surface area (Å²) in [4.78, 5) is 32.6. The standard InChI is InChI=1S/C24H21N5O2/c1-15-14-21(29(28-15)24-25-20-9-5-8-19(20)23(31)27-24)26-22(30)18-12-10-17(11-13-18)16-6-3-2-4-7-16/h2-4,6-7,10-14H,5,8-9H2,1H3,(H,26,30)(H,25,27,31). The SMILES string of the molecule is Cc1cc(NC(=O)c2ccc(-c3ccccc3)cc2)n(-c2nc3c(c(=O)[nH]2)CCC3)n1. The summed E-state index contributed by atoms with van der Waals surface area (Å²) >= 11 is 0. The van der Waals surface area contributed by atoms with Crippen molar-refractivity contribution in [2.45, 2.75) is 26.2 Å². The summed E-state index contributed by atoms with van der Waals surface area (Å²) in [7, 11) is 0. The molecular weight excluding hydrogens is 390 g/mol. The van der Waals surface area contributed by atoms with Gasteiger partial charge in [-0.1, -0.05) is 42.5 Å². The van der Waals surface area contributed by atoms with Crippen LogP contribution in [-0.4, -0.2) is 25.7 Å². The van der Waals surface area contributed by atoms with Crippen LogP contribution in [0.15, 0.2) is 65.5 Å². The van der Waals surface area contributed by atoms with E-state index in [1.807, 2.05) is 49.4 Å². The Bertz CT molecular complexity index is 1320. The molecule has 0 bridgehead atoms. The van der Waals surface area contributed by atoms with E-state index < -0.39 is 0 Å². The minimum absolute atomic E-state index is 0.139. The molecule has 1 aliphatic rings. The molecule has 0 atom stereocenters. The Morgan fingerprint density at radius 3 is 2.55 bits per heavy atom. The van der Waals surface area contributed by atoms with Crippen molar-refractivity contribution >= 4 is 11.7 Å². The lowest BCUT2D eigenvalue weighted by Crippen LogP contribution is -2.21. The highest BCUT2D eigenvalue weighted by molar-refractivity contribution is 6.04. The van der Waals surface area contributed by atoms with E-state index in [4.69, 9.17) is 0 Å². The quantitative estimate of drug-likeness (QED) is 0.536. The Balaban J connectivity index is 1.42. The third kappa shape index (κ3) is 3.66. The van der Waals surface area contributed by atoms with Gasteiger partial charge in [-0.3, -0.25) is 14.6 Å². The molecule has 0 saturated heterocycles. The summed E-state index contributed by atoms with van der Waals surface area (Å²) in [5.41, 5.74) is 4.78. The van der Waals surface area contributed by atoms with Crippen molar-refractivity contribution in [3.63, 3.8) is 0 Å². The van der Waals surface area contributed by atoms with E-state index in [1.54, 1.807) is 18.2 Å². The van der Waals surface area contributed by atoms with E-state index in [0.29, 0.717) is 23.0 Å². The number of carbonyl (C=O) groups excluding carboxylic acids is 1. The zero-order chi connectivity index (χ0) is 21.4. The monoisotopic (exact) mass is 411 g/mol. The lowest BCUT2D eigenvalue weighted by molar-refractivity contribution is 0.102. The zero-order valence-corrected chi connectivity index (χ0v) is 17.1. The van der Waals surface area contributed by atoms with Crippen LogP contribution < -0.4 is 10.9 Å². The molecule has 2 heterocycles. The van der Waals surface area contributed by atoms with Gasteiger partial charge in [0.05, 0.1) is 11.4 Å². The number of rotatable bonds is 4. The Morgan fingerprint density at radius 1 is 1.03 bits per heavy atom. The summed E-state index contributed by atoms with van der Waals surface area (Å²) in [5.74, 6) is 0.508. The van der Waals surface area contributed by atoms with E-state index in [9.17, 15) is 9.59 Å². The van der Waals surface area contributed by atoms with Crippen molar-refractivity contribution in [3.05, 3.63) is 93.5 Å². The molecule has 2 aromatic carbocycles. The number of nitrogens with zero attached hydrogens (tertiary/aromatic N) is 3. The van der Waals surface area contributed by atoms with Crippen LogP contribution in [0.3, 0.4) is 0 Å². The Morgan fingerprint density at radius 2 is 1.77 bits per heavy atom. The third-order valence-electron chi connectivity index (χ3n) is 5.46. The molecule has 5 rings (SSSR count). The average Bonchev–Trinajstić information content (AvgIpc) is 3.41. The lowest BCUT2D eigenvalue weighted by Gasteiger charge is -2.10. The van der Waals surface area contributed by atoms with Gasteiger partial charge in [0.25, 0.3) is 11.5 Å². The molecule has 0 spiro atoms. The first-order valence-electron chi connectivity index (χ1n) is 10.2. The number of H-pyrrole nitrogens is 1. The Kier molecular flexibility index (Phi) is 4.71.